The molecule has 2 aromatic rings. The van der Waals surface area contributed by atoms with Crippen LogP contribution in [0.4, 0.5) is 0 Å². The van der Waals surface area contributed by atoms with Crippen molar-refractivity contribution in [3.05, 3.63) is 58.5 Å². The Kier molecular flexibility index (Phi) is 8.35. The monoisotopic (exact) mass is 486 g/mol. The predicted octanol–water partition coefficient (Wildman–Crippen LogP) is 4.82. The molecule has 1 heterocycles. The first-order valence-corrected chi connectivity index (χ1v) is 11.7. The average molecular weight is 487 g/mol. The molecular formula is C24H26N2O5S2. The van der Waals surface area contributed by atoms with Crippen LogP contribution in [-0.2, 0) is 4.79 Å². The van der Waals surface area contributed by atoms with E-state index in [1.54, 1.807) is 37.5 Å². The van der Waals surface area contributed by atoms with Gasteiger partial charge in [0.15, 0.2) is 15.8 Å². The molecule has 1 atom stereocenters. The van der Waals surface area contributed by atoms with E-state index in [1.165, 1.54) is 0 Å². The fourth-order valence-electron chi connectivity index (χ4n) is 2.90. The van der Waals surface area contributed by atoms with Crippen molar-refractivity contribution < 1.29 is 23.8 Å². The summed E-state index contributed by atoms with van der Waals surface area (Å²) in [5, 5.41) is 1.09. The molecule has 2 amide bonds. The number of ether oxygens (including phenoxy) is 3. The standard InChI is InChI=1S/C24H26N2O5S2/c1-5-15(3)31-19-12-7-16(13-20(19)30-6-2)14-21-23(28)26(24(32)33-21)25-22(27)17-8-10-18(29-4)11-9-17/h7-15H,5-6H2,1-4H3,(H,25,27)/b21-14+. The maximum atomic E-state index is 12.9. The molecule has 1 fully saturated rings. The van der Waals surface area contributed by atoms with Crippen molar-refractivity contribution in [2.75, 3.05) is 13.7 Å². The van der Waals surface area contributed by atoms with Crippen LogP contribution in [-0.4, -0.2) is 41.0 Å². The minimum atomic E-state index is -0.444. The molecule has 9 heteroatoms. The van der Waals surface area contributed by atoms with E-state index >= 15 is 0 Å². The molecule has 1 saturated heterocycles. The summed E-state index contributed by atoms with van der Waals surface area (Å²) in [6.45, 7) is 6.43. The van der Waals surface area contributed by atoms with Crippen LogP contribution in [0, 0.1) is 0 Å². The van der Waals surface area contributed by atoms with E-state index in [0.717, 1.165) is 28.8 Å². The van der Waals surface area contributed by atoms with Crippen LogP contribution in [0.15, 0.2) is 47.4 Å². The second-order valence-corrected chi connectivity index (χ2v) is 8.84. The summed E-state index contributed by atoms with van der Waals surface area (Å²) in [5.41, 5.74) is 3.72. The minimum Gasteiger partial charge on any atom is -0.497 e. The maximum absolute atomic E-state index is 12.9. The lowest BCUT2D eigenvalue weighted by Crippen LogP contribution is -2.44. The van der Waals surface area contributed by atoms with E-state index in [-0.39, 0.29) is 10.4 Å². The molecule has 0 aromatic heterocycles. The van der Waals surface area contributed by atoms with E-state index in [2.05, 4.69) is 12.3 Å². The van der Waals surface area contributed by atoms with Gasteiger partial charge in [0.1, 0.15) is 5.75 Å². The first-order valence-electron chi connectivity index (χ1n) is 10.5. The fraction of sp³-hybridized carbons (Fsp3) is 0.292. The van der Waals surface area contributed by atoms with Crippen molar-refractivity contribution in [1.29, 1.82) is 0 Å². The molecule has 33 heavy (non-hydrogen) atoms. The number of hydrazine groups is 1. The number of hydrogen-bond acceptors (Lipinski definition) is 7. The van der Waals surface area contributed by atoms with E-state index in [4.69, 9.17) is 26.4 Å². The number of rotatable bonds is 9. The average Bonchev–Trinajstić information content (AvgIpc) is 3.08. The summed E-state index contributed by atoms with van der Waals surface area (Å²) in [7, 11) is 1.55. The quantitative estimate of drug-likeness (QED) is 0.402. The van der Waals surface area contributed by atoms with Crippen molar-refractivity contribution in [1.82, 2.24) is 10.4 Å². The number of thioether (sulfide) groups is 1. The second kappa shape index (κ2) is 11.2. The Morgan fingerprint density at radius 2 is 1.91 bits per heavy atom. The number of hydrogen-bond donors (Lipinski definition) is 1. The van der Waals surface area contributed by atoms with Gasteiger partial charge >= 0.3 is 0 Å². The molecule has 0 radical (unpaired) electrons. The number of nitrogens with zero attached hydrogens (tertiary/aromatic N) is 1. The Hall–Kier alpha value is -3.04. The Morgan fingerprint density at radius 3 is 2.55 bits per heavy atom. The summed E-state index contributed by atoms with van der Waals surface area (Å²) in [6, 6.07) is 12.1. The Morgan fingerprint density at radius 1 is 1.18 bits per heavy atom. The van der Waals surface area contributed by atoms with Gasteiger partial charge in [-0.25, -0.2) is 0 Å². The zero-order chi connectivity index (χ0) is 24.0. The summed E-state index contributed by atoms with van der Waals surface area (Å²) < 4.78 is 17.0. The van der Waals surface area contributed by atoms with Gasteiger partial charge in [-0.15, -0.1) is 0 Å². The molecule has 1 N–H and O–H groups in total. The van der Waals surface area contributed by atoms with Crippen LogP contribution in [0.2, 0.25) is 0 Å². The third-order valence-electron chi connectivity index (χ3n) is 4.83. The summed E-state index contributed by atoms with van der Waals surface area (Å²) in [5.74, 6) is 1.05. The molecular weight excluding hydrogens is 460 g/mol. The van der Waals surface area contributed by atoms with Crippen LogP contribution < -0.4 is 19.6 Å². The highest BCUT2D eigenvalue weighted by Crippen LogP contribution is 2.34. The zero-order valence-corrected chi connectivity index (χ0v) is 20.5. The highest BCUT2D eigenvalue weighted by molar-refractivity contribution is 8.26. The minimum absolute atomic E-state index is 0.0561. The molecule has 1 aliphatic rings. The molecule has 1 aliphatic heterocycles. The van der Waals surface area contributed by atoms with Gasteiger partial charge in [-0.2, -0.15) is 5.01 Å². The normalized spacial score (nSPS) is 15.5. The van der Waals surface area contributed by atoms with Crippen LogP contribution in [0.1, 0.15) is 43.1 Å². The van der Waals surface area contributed by atoms with Gasteiger partial charge in [-0.05, 0) is 80.5 Å². The van der Waals surface area contributed by atoms with Crippen molar-refractivity contribution in [2.24, 2.45) is 0 Å². The Bertz CT molecular complexity index is 1070. The molecule has 0 saturated carbocycles. The van der Waals surface area contributed by atoms with Crippen LogP contribution in [0.3, 0.4) is 0 Å². The topological polar surface area (TPSA) is 77.1 Å². The number of thiocarbonyl (C=S) groups is 1. The lowest BCUT2D eigenvalue weighted by Gasteiger charge is -2.17. The molecule has 1 unspecified atom stereocenters. The summed E-state index contributed by atoms with van der Waals surface area (Å²) >= 11 is 6.44. The second-order valence-electron chi connectivity index (χ2n) is 7.16. The molecule has 3 rings (SSSR count). The van der Waals surface area contributed by atoms with E-state index in [9.17, 15) is 9.59 Å². The summed E-state index contributed by atoms with van der Waals surface area (Å²) in [6.07, 6.45) is 2.65. The molecule has 7 nitrogen and oxygen atoms in total. The molecule has 0 aliphatic carbocycles. The van der Waals surface area contributed by atoms with Crippen molar-refractivity contribution in [3.8, 4) is 17.2 Å². The van der Waals surface area contributed by atoms with E-state index < -0.39 is 11.8 Å². The Labute approximate surface area is 203 Å². The summed E-state index contributed by atoms with van der Waals surface area (Å²) in [4.78, 5) is 25.9. The van der Waals surface area contributed by atoms with Gasteiger partial charge < -0.3 is 14.2 Å². The smallest absolute Gasteiger partial charge is 0.285 e. The van der Waals surface area contributed by atoms with Gasteiger partial charge in [0.25, 0.3) is 11.8 Å². The fourth-order valence-corrected chi connectivity index (χ4v) is 4.08. The van der Waals surface area contributed by atoms with E-state index in [1.807, 2.05) is 32.0 Å². The van der Waals surface area contributed by atoms with E-state index in [0.29, 0.717) is 34.3 Å². The SMILES string of the molecule is CCOc1cc(/C=C2/SC(=S)N(NC(=O)c3ccc(OC)cc3)C2=O)ccc1OC(C)CC. The largest absolute Gasteiger partial charge is 0.497 e. The highest BCUT2D eigenvalue weighted by atomic mass is 32.2. The van der Waals surface area contributed by atoms with Crippen LogP contribution >= 0.6 is 24.0 Å². The first kappa shape index (κ1) is 24.6. The molecule has 0 spiro atoms. The van der Waals surface area contributed by atoms with Gasteiger partial charge in [-0.1, -0.05) is 24.8 Å². The van der Waals surface area contributed by atoms with Gasteiger partial charge in [0.05, 0.1) is 24.7 Å². The Balaban J connectivity index is 1.76. The third kappa shape index (κ3) is 6.06. The number of carbonyl (C=O) groups excluding carboxylic acids is 2. The lowest BCUT2D eigenvalue weighted by atomic mass is 10.1. The molecule has 174 valence electrons. The zero-order valence-electron chi connectivity index (χ0n) is 18.9. The number of nitrogens with one attached hydrogen (secondary N) is 1. The van der Waals surface area contributed by atoms with Gasteiger partial charge in [-0.3, -0.25) is 15.0 Å². The number of benzene rings is 2. The molecule has 2 aromatic carbocycles. The first-order chi connectivity index (χ1) is 15.9. The van der Waals surface area contributed by atoms with Gasteiger partial charge in [0.2, 0.25) is 0 Å². The number of carbonyl (C=O) groups is 2. The maximum Gasteiger partial charge on any atom is 0.285 e. The highest BCUT2D eigenvalue weighted by Gasteiger charge is 2.33. The predicted molar refractivity (Wildman–Crippen MR) is 133 cm³/mol. The van der Waals surface area contributed by atoms with Gasteiger partial charge in [0, 0.05) is 5.56 Å². The van der Waals surface area contributed by atoms with Crippen molar-refractivity contribution in [3.63, 3.8) is 0 Å². The van der Waals surface area contributed by atoms with Crippen LogP contribution in [0.25, 0.3) is 6.08 Å². The van der Waals surface area contributed by atoms with Crippen LogP contribution in [0.5, 0.6) is 17.2 Å². The lowest BCUT2D eigenvalue weighted by molar-refractivity contribution is -0.123. The number of amides is 2. The number of methoxy groups -OCH3 is 1. The molecule has 0 bridgehead atoms. The van der Waals surface area contributed by atoms with Crippen molar-refractivity contribution >= 4 is 46.2 Å². The third-order valence-corrected chi connectivity index (χ3v) is 6.13. The van der Waals surface area contributed by atoms with Crippen molar-refractivity contribution in [2.45, 2.75) is 33.3 Å².